The zero-order valence-corrected chi connectivity index (χ0v) is 12.8. The third-order valence-corrected chi connectivity index (χ3v) is 5.26. The van der Waals surface area contributed by atoms with Crippen LogP contribution < -0.4 is 0 Å². The molecule has 0 amide bonds. The van der Waals surface area contributed by atoms with Crippen molar-refractivity contribution in [2.24, 2.45) is 0 Å². The summed E-state index contributed by atoms with van der Waals surface area (Å²) in [6.45, 7) is 3.89. The fourth-order valence-corrected chi connectivity index (χ4v) is 3.83. The average Bonchev–Trinajstić information content (AvgIpc) is 2.89. The molecule has 0 bridgehead atoms. The van der Waals surface area contributed by atoms with Gasteiger partial charge in [0.2, 0.25) is 0 Å². The van der Waals surface area contributed by atoms with Gasteiger partial charge in [-0.1, -0.05) is 11.3 Å². The van der Waals surface area contributed by atoms with Crippen molar-refractivity contribution in [3.8, 4) is 10.6 Å². The quantitative estimate of drug-likeness (QED) is 0.697. The smallest absolute Gasteiger partial charge is 0.181 e. The van der Waals surface area contributed by atoms with Gasteiger partial charge in [0.1, 0.15) is 21.1 Å². The van der Waals surface area contributed by atoms with Crippen LogP contribution in [0.5, 0.6) is 0 Å². The molecule has 3 aromatic rings. The fraction of sp³-hybridized carbons (Fsp3) is 0.214. The molecule has 4 nitrogen and oxygen atoms in total. The molecule has 1 atom stereocenters. The third kappa shape index (κ3) is 2.42. The van der Waals surface area contributed by atoms with Gasteiger partial charge in [-0.3, -0.25) is 4.98 Å². The maximum atomic E-state index is 12.1. The van der Waals surface area contributed by atoms with Gasteiger partial charge in [0, 0.05) is 12.4 Å². The van der Waals surface area contributed by atoms with Crippen molar-refractivity contribution in [2.45, 2.75) is 18.7 Å². The van der Waals surface area contributed by atoms with Crippen molar-refractivity contribution in [1.82, 2.24) is 15.0 Å². The van der Waals surface area contributed by atoms with E-state index in [1.807, 2.05) is 32.2 Å². The Morgan fingerprint density at radius 1 is 1.35 bits per heavy atom. The Morgan fingerprint density at radius 3 is 3.00 bits per heavy atom. The highest BCUT2D eigenvalue weighted by atomic mass is 32.2. The van der Waals surface area contributed by atoms with E-state index in [0.29, 0.717) is 5.75 Å². The fourth-order valence-electron chi connectivity index (χ4n) is 1.93. The second-order valence-corrected chi connectivity index (χ2v) is 7.05. The third-order valence-electron chi connectivity index (χ3n) is 2.91. The Labute approximate surface area is 124 Å². The van der Waals surface area contributed by atoms with E-state index >= 15 is 0 Å². The van der Waals surface area contributed by atoms with Crippen molar-refractivity contribution in [3.05, 3.63) is 36.3 Å². The predicted molar refractivity (Wildman–Crippen MR) is 82.3 cm³/mol. The molecule has 0 saturated heterocycles. The lowest BCUT2D eigenvalue weighted by atomic mass is 10.3. The maximum Gasteiger partial charge on any atom is 0.181 e. The van der Waals surface area contributed by atoms with Crippen LogP contribution in [0.2, 0.25) is 0 Å². The molecular formula is C14H13N3OS2. The molecular weight excluding hydrogens is 290 g/mol. The molecule has 0 aliphatic heterocycles. The van der Waals surface area contributed by atoms with Gasteiger partial charge in [-0.2, -0.15) is 0 Å². The van der Waals surface area contributed by atoms with Crippen LogP contribution in [0.15, 0.2) is 35.6 Å². The highest BCUT2D eigenvalue weighted by Gasteiger charge is 2.19. The van der Waals surface area contributed by atoms with Gasteiger partial charge in [0.15, 0.2) is 4.90 Å². The van der Waals surface area contributed by atoms with Crippen LogP contribution in [-0.4, -0.2) is 25.3 Å². The minimum Gasteiger partial charge on any atom is -0.611 e. The van der Waals surface area contributed by atoms with Gasteiger partial charge in [-0.25, -0.2) is 9.97 Å². The van der Waals surface area contributed by atoms with Crippen LogP contribution in [0.1, 0.15) is 12.5 Å². The maximum absolute atomic E-state index is 12.1. The molecule has 0 spiro atoms. The van der Waals surface area contributed by atoms with Gasteiger partial charge < -0.3 is 4.55 Å². The summed E-state index contributed by atoms with van der Waals surface area (Å²) >= 11 is 0.472. The highest BCUT2D eigenvalue weighted by molar-refractivity contribution is 7.91. The monoisotopic (exact) mass is 303 g/mol. The molecule has 0 N–H and O–H groups in total. The van der Waals surface area contributed by atoms with Crippen molar-refractivity contribution in [2.75, 3.05) is 5.75 Å². The van der Waals surface area contributed by atoms with Crippen molar-refractivity contribution >= 4 is 32.9 Å². The van der Waals surface area contributed by atoms with Crippen LogP contribution in [0.25, 0.3) is 20.9 Å². The number of aromatic nitrogens is 3. The Hall–Kier alpha value is -1.50. The molecule has 0 fully saturated rings. The Kier molecular flexibility index (Phi) is 3.69. The summed E-state index contributed by atoms with van der Waals surface area (Å²) < 4.78 is 12.1. The molecule has 102 valence electrons. The summed E-state index contributed by atoms with van der Waals surface area (Å²) in [6, 6.07) is 3.88. The lowest BCUT2D eigenvalue weighted by Crippen LogP contribution is -2.06. The van der Waals surface area contributed by atoms with Crippen LogP contribution >= 0.6 is 11.3 Å². The average molecular weight is 303 g/mol. The molecule has 1 unspecified atom stereocenters. The first-order chi connectivity index (χ1) is 9.69. The summed E-state index contributed by atoms with van der Waals surface area (Å²) in [5.74, 6) is 0.570. The van der Waals surface area contributed by atoms with Gasteiger partial charge >= 0.3 is 0 Å². The van der Waals surface area contributed by atoms with Crippen LogP contribution in [0.4, 0.5) is 0 Å². The highest BCUT2D eigenvalue weighted by Crippen LogP contribution is 2.33. The second kappa shape index (κ2) is 5.47. The zero-order chi connectivity index (χ0) is 14.1. The van der Waals surface area contributed by atoms with E-state index in [-0.39, 0.29) is 0 Å². The Bertz CT molecular complexity index is 757. The summed E-state index contributed by atoms with van der Waals surface area (Å²) in [4.78, 5) is 14.7. The first-order valence-electron chi connectivity index (χ1n) is 6.25. The lowest BCUT2D eigenvalue weighted by Gasteiger charge is -2.10. The molecule has 3 heterocycles. The van der Waals surface area contributed by atoms with E-state index in [1.165, 1.54) is 11.3 Å². The van der Waals surface area contributed by atoms with Crippen LogP contribution in [0, 0.1) is 6.92 Å². The number of hydrogen-bond donors (Lipinski definition) is 0. The normalized spacial score (nSPS) is 12.8. The molecule has 0 saturated carbocycles. The van der Waals surface area contributed by atoms with E-state index < -0.39 is 11.2 Å². The number of rotatable bonds is 3. The summed E-state index contributed by atoms with van der Waals surface area (Å²) in [5.41, 5.74) is 2.86. The summed E-state index contributed by atoms with van der Waals surface area (Å²) in [5, 5.41) is 0.845. The first kappa shape index (κ1) is 13.5. The van der Waals surface area contributed by atoms with Crippen LogP contribution in [-0.2, 0) is 11.2 Å². The number of thiazole rings is 1. The summed E-state index contributed by atoms with van der Waals surface area (Å²) in [6.07, 6.45) is 5.21. The molecule has 6 heteroatoms. The van der Waals surface area contributed by atoms with Crippen LogP contribution in [0.3, 0.4) is 0 Å². The first-order valence-corrected chi connectivity index (χ1v) is 8.38. The molecule has 0 radical (unpaired) electrons. The number of nitrogens with zero attached hydrogens (tertiary/aromatic N) is 3. The standard InChI is InChI=1S/C14H13N3OS2/c1-3-20(18)12-8-15-5-4-10(12)13-17-11-6-9(2)7-16-14(11)19-13/h4-8H,3H2,1-2H3. The van der Waals surface area contributed by atoms with E-state index in [2.05, 4.69) is 15.0 Å². The minimum atomic E-state index is -1.04. The predicted octanol–water partition coefficient (Wildman–Crippen LogP) is 3.19. The largest absolute Gasteiger partial charge is 0.611 e. The lowest BCUT2D eigenvalue weighted by molar-refractivity contribution is 0.596. The number of hydrogen-bond acceptors (Lipinski definition) is 5. The van der Waals surface area contributed by atoms with E-state index in [9.17, 15) is 4.55 Å². The number of fused-ring (bicyclic) bond motifs is 1. The molecule has 20 heavy (non-hydrogen) atoms. The van der Waals surface area contributed by atoms with Crippen molar-refractivity contribution in [3.63, 3.8) is 0 Å². The van der Waals surface area contributed by atoms with Gasteiger partial charge in [0.05, 0.1) is 11.8 Å². The number of aryl methyl sites for hydroxylation is 1. The van der Waals surface area contributed by atoms with Gasteiger partial charge in [-0.15, -0.1) is 0 Å². The molecule has 0 aromatic carbocycles. The van der Waals surface area contributed by atoms with Crippen molar-refractivity contribution < 1.29 is 4.55 Å². The van der Waals surface area contributed by atoms with E-state index in [0.717, 1.165) is 31.4 Å². The minimum absolute atomic E-state index is 0.570. The SMILES string of the molecule is CC[S+]([O-])c1cnccc1-c1nc2cc(C)cnc2s1. The van der Waals surface area contributed by atoms with Crippen molar-refractivity contribution in [1.29, 1.82) is 0 Å². The molecule has 3 aromatic heterocycles. The van der Waals surface area contributed by atoms with E-state index in [4.69, 9.17) is 0 Å². The summed E-state index contributed by atoms with van der Waals surface area (Å²) in [7, 11) is 0. The zero-order valence-electron chi connectivity index (χ0n) is 11.2. The van der Waals surface area contributed by atoms with E-state index in [1.54, 1.807) is 12.4 Å². The van der Waals surface area contributed by atoms with Gasteiger partial charge in [-0.05, 0) is 42.7 Å². The second-order valence-electron chi connectivity index (χ2n) is 4.36. The molecule has 3 rings (SSSR count). The molecule has 0 aliphatic rings. The van der Waals surface area contributed by atoms with Gasteiger partial charge in [0.25, 0.3) is 0 Å². The molecule has 0 aliphatic carbocycles. The Balaban J connectivity index is 2.15. The topological polar surface area (TPSA) is 61.7 Å². The Morgan fingerprint density at radius 2 is 2.20 bits per heavy atom. The number of pyridine rings is 2.